The summed E-state index contributed by atoms with van der Waals surface area (Å²) in [5.41, 5.74) is 6.79. The predicted molar refractivity (Wildman–Crippen MR) is 114 cm³/mol. The minimum absolute atomic E-state index is 0.00783. The van der Waals surface area contributed by atoms with Crippen LogP contribution in [0.1, 0.15) is 19.4 Å². The molecular formula is C21H26FN3O5S. The van der Waals surface area contributed by atoms with Gasteiger partial charge in [-0.25, -0.2) is 4.39 Å². The Kier molecular flexibility index (Phi) is 6.83. The van der Waals surface area contributed by atoms with Crippen LogP contribution in [0.5, 0.6) is 5.75 Å². The first-order chi connectivity index (χ1) is 14.5. The fraction of sp³-hybridized carbons (Fsp3) is 0.381. The van der Waals surface area contributed by atoms with Crippen molar-refractivity contribution in [3.05, 3.63) is 53.8 Å². The van der Waals surface area contributed by atoms with Crippen LogP contribution in [0.3, 0.4) is 0 Å². The van der Waals surface area contributed by atoms with E-state index >= 15 is 0 Å². The summed E-state index contributed by atoms with van der Waals surface area (Å²) in [4.78, 5) is 16.4. The largest absolute Gasteiger partial charge is 0.482 e. The van der Waals surface area contributed by atoms with Gasteiger partial charge in [0.2, 0.25) is 0 Å². The molecule has 1 aliphatic heterocycles. The third-order valence-corrected chi connectivity index (χ3v) is 6.21. The van der Waals surface area contributed by atoms with Gasteiger partial charge in [0.25, 0.3) is 16.0 Å². The molecule has 0 aromatic heterocycles. The Bertz CT molecular complexity index is 1050. The van der Waals surface area contributed by atoms with Crippen LogP contribution < -0.4 is 10.5 Å². The minimum Gasteiger partial charge on any atom is -0.482 e. The van der Waals surface area contributed by atoms with E-state index in [0.29, 0.717) is 19.6 Å². The van der Waals surface area contributed by atoms with Gasteiger partial charge >= 0.3 is 0 Å². The van der Waals surface area contributed by atoms with Gasteiger partial charge in [0.15, 0.2) is 6.61 Å². The summed E-state index contributed by atoms with van der Waals surface area (Å²) < 4.78 is 50.0. The first-order valence-corrected chi connectivity index (χ1v) is 11.3. The molecule has 2 aromatic carbocycles. The van der Waals surface area contributed by atoms with E-state index in [4.69, 9.17) is 15.0 Å². The lowest BCUT2D eigenvalue weighted by Crippen LogP contribution is -2.58. The topological polar surface area (TPSA) is 113 Å². The van der Waals surface area contributed by atoms with Gasteiger partial charge in [0.1, 0.15) is 11.6 Å². The summed E-state index contributed by atoms with van der Waals surface area (Å²) in [5.74, 6) is -0.315. The van der Waals surface area contributed by atoms with Gasteiger partial charge in [0.05, 0.1) is 10.6 Å². The Labute approximate surface area is 181 Å². The van der Waals surface area contributed by atoms with Crippen molar-refractivity contribution < 1.29 is 26.9 Å². The summed E-state index contributed by atoms with van der Waals surface area (Å²) in [6.45, 7) is 5.59. The fourth-order valence-electron chi connectivity index (χ4n) is 3.63. The lowest BCUT2D eigenvalue weighted by molar-refractivity contribution is -0.139. The second kappa shape index (κ2) is 9.21. The lowest BCUT2D eigenvalue weighted by atomic mass is 10.1. The maximum Gasteiger partial charge on any atom is 0.294 e. The van der Waals surface area contributed by atoms with Crippen LogP contribution in [0.25, 0.3) is 0 Å². The zero-order valence-electron chi connectivity index (χ0n) is 17.4. The number of carbonyl (C=O) groups is 1. The highest BCUT2D eigenvalue weighted by molar-refractivity contribution is 7.85. The molecule has 0 saturated carbocycles. The van der Waals surface area contributed by atoms with Gasteiger partial charge in [-0.15, -0.1) is 0 Å². The quantitative estimate of drug-likeness (QED) is 0.511. The predicted octanol–water partition coefficient (Wildman–Crippen LogP) is 2.15. The number of halogens is 1. The molecule has 1 amide bonds. The van der Waals surface area contributed by atoms with Crippen molar-refractivity contribution in [3.8, 4) is 5.75 Å². The number of nitrogens with two attached hydrogens (primary N) is 1. The molecule has 3 N–H and O–H groups in total. The number of carbonyl (C=O) groups excluding carboxylic acids is 1. The third-order valence-electron chi connectivity index (χ3n) is 5.36. The Hall–Kier alpha value is -2.69. The van der Waals surface area contributed by atoms with Gasteiger partial charge < -0.3 is 15.4 Å². The molecule has 0 aliphatic carbocycles. The van der Waals surface area contributed by atoms with Crippen molar-refractivity contribution in [2.45, 2.75) is 37.4 Å². The molecule has 0 bridgehead atoms. The highest BCUT2D eigenvalue weighted by Crippen LogP contribution is 2.25. The Balaban J connectivity index is 1.58. The van der Waals surface area contributed by atoms with Crippen molar-refractivity contribution >= 4 is 21.7 Å². The molecule has 1 fully saturated rings. The number of ether oxygens (including phenoxy) is 1. The molecular weight excluding hydrogens is 425 g/mol. The first kappa shape index (κ1) is 23.0. The molecule has 2 atom stereocenters. The Morgan fingerprint density at radius 1 is 1.16 bits per heavy atom. The van der Waals surface area contributed by atoms with Crippen molar-refractivity contribution in [1.29, 1.82) is 0 Å². The van der Waals surface area contributed by atoms with Crippen LogP contribution in [-0.4, -0.2) is 60.5 Å². The van der Waals surface area contributed by atoms with E-state index in [1.165, 1.54) is 18.2 Å². The van der Waals surface area contributed by atoms with Crippen molar-refractivity contribution in [2.24, 2.45) is 0 Å². The van der Waals surface area contributed by atoms with E-state index in [9.17, 15) is 17.6 Å². The average molecular weight is 452 g/mol. The number of hydrogen-bond donors (Lipinski definition) is 2. The second-order valence-corrected chi connectivity index (χ2v) is 9.18. The third kappa shape index (κ3) is 5.72. The smallest absolute Gasteiger partial charge is 0.294 e. The summed E-state index contributed by atoms with van der Waals surface area (Å²) in [7, 11) is -4.37. The van der Waals surface area contributed by atoms with E-state index < -0.39 is 10.1 Å². The van der Waals surface area contributed by atoms with Gasteiger partial charge in [0, 0.05) is 31.7 Å². The number of rotatable bonds is 6. The monoisotopic (exact) mass is 451 g/mol. The summed E-state index contributed by atoms with van der Waals surface area (Å²) in [6, 6.07) is 9.99. The number of nitrogen functional groups attached to an aromatic ring is 1. The normalized spacial score (nSPS) is 19.9. The second-order valence-electron chi connectivity index (χ2n) is 7.76. The zero-order chi connectivity index (χ0) is 22.8. The van der Waals surface area contributed by atoms with E-state index in [0.717, 1.165) is 17.7 Å². The number of benzene rings is 2. The first-order valence-electron chi connectivity index (χ1n) is 9.82. The highest BCUT2D eigenvalue weighted by atomic mass is 32.2. The van der Waals surface area contributed by atoms with Crippen LogP contribution in [0.4, 0.5) is 10.1 Å². The molecule has 10 heteroatoms. The SMILES string of the molecule is CC1CN(C(=O)COc2ccc(S(=O)(=O)O)cc2N)C(C)CN1Cc1ccc(F)cc1. The van der Waals surface area contributed by atoms with E-state index in [1.54, 1.807) is 17.0 Å². The summed E-state index contributed by atoms with van der Waals surface area (Å²) in [5, 5.41) is 0. The summed E-state index contributed by atoms with van der Waals surface area (Å²) in [6.07, 6.45) is 0. The number of nitrogens with zero attached hydrogens (tertiary/aromatic N) is 2. The van der Waals surface area contributed by atoms with Crippen LogP contribution >= 0.6 is 0 Å². The molecule has 1 heterocycles. The standard InChI is InChI=1S/C21H26FN3O5S/c1-14-11-25(15(2)10-24(14)12-16-3-5-17(22)6-4-16)21(26)13-30-20-8-7-18(9-19(20)23)31(27,28)29/h3-9,14-15H,10-13,23H2,1-2H3,(H,27,28,29). The molecule has 0 spiro atoms. The molecule has 2 aromatic rings. The van der Waals surface area contributed by atoms with Gasteiger partial charge in [-0.05, 0) is 49.7 Å². The molecule has 1 saturated heterocycles. The number of hydrogen-bond acceptors (Lipinski definition) is 6. The molecule has 1 aliphatic rings. The molecule has 168 valence electrons. The number of anilines is 1. The summed E-state index contributed by atoms with van der Waals surface area (Å²) >= 11 is 0. The molecule has 0 radical (unpaired) electrons. The number of amides is 1. The molecule has 8 nitrogen and oxygen atoms in total. The number of piperazine rings is 1. The minimum atomic E-state index is -4.37. The fourth-order valence-corrected chi connectivity index (χ4v) is 4.15. The van der Waals surface area contributed by atoms with E-state index in [2.05, 4.69) is 4.90 Å². The molecule has 2 unspecified atom stereocenters. The van der Waals surface area contributed by atoms with Crippen molar-refractivity contribution in [3.63, 3.8) is 0 Å². The maximum atomic E-state index is 13.1. The van der Waals surface area contributed by atoms with Crippen LogP contribution in [0.2, 0.25) is 0 Å². The van der Waals surface area contributed by atoms with Gasteiger partial charge in [-0.1, -0.05) is 12.1 Å². The lowest BCUT2D eigenvalue weighted by Gasteiger charge is -2.44. The van der Waals surface area contributed by atoms with Crippen molar-refractivity contribution in [1.82, 2.24) is 9.80 Å². The highest BCUT2D eigenvalue weighted by Gasteiger charge is 2.32. The maximum absolute atomic E-state index is 13.1. The molecule has 31 heavy (non-hydrogen) atoms. The van der Waals surface area contributed by atoms with Crippen LogP contribution in [0.15, 0.2) is 47.4 Å². The van der Waals surface area contributed by atoms with E-state index in [-0.39, 0.29) is 46.7 Å². The van der Waals surface area contributed by atoms with Crippen LogP contribution in [-0.2, 0) is 21.5 Å². The zero-order valence-corrected chi connectivity index (χ0v) is 18.2. The molecule has 3 rings (SSSR count). The van der Waals surface area contributed by atoms with E-state index in [1.807, 2.05) is 13.8 Å². The Morgan fingerprint density at radius 2 is 1.84 bits per heavy atom. The van der Waals surface area contributed by atoms with Gasteiger partial charge in [-0.2, -0.15) is 8.42 Å². The average Bonchev–Trinajstić information content (AvgIpc) is 2.70. The Morgan fingerprint density at radius 3 is 2.45 bits per heavy atom. The van der Waals surface area contributed by atoms with Crippen LogP contribution in [0, 0.1) is 5.82 Å². The van der Waals surface area contributed by atoms with Gasteiger partial charge in [-0.3, -0.25) is 14.2 Å². The van der Waals surface area contributed by atoms with Crippen molar-refractivity contribution in [2.75, 3.05) is 25.4 Å².